The molecule has 0 bridgehead atoms. The van der Waals surface area contributed by atoms with Gasteiger partial charge in [-0.25, -0.2) is 0 Å². The van der Waals surface area contributed by atoms with Crippen molar-refractivity contribution in [2.24, 2.45) is 5.73 Å². The van der Waals surface area contributed by atoms with Crippen molar-refractivity contribution in [1.29, 1.82) is 5.26 Å². The lowest BCUT2D eigenvalue weighted by Gasteiger charge is -2.11. The number of benzene rings is 1. The van der Waals surface area contributed by atoms with Gasteiger partial charge in [0.15, 0.2) is 6.61 Å². The molecule has 0 spiro atoms. The van der Waals surface area contributed by atoms with Crippen LogP contribution in [-0.4, -0.2) is 17.5 Å². The number of nitriles is 1. The highest BCUT2D eigenvalue weighted by Crippen LogP contribution is 2.31. The molecule has 0 atom stereocenters. The van der Waals surface area contributed by atoms with Crippen LogP contribution in [0, 0.1) is 18.3 Å². The molecular formula is C15H13N3O3. The van der Waals surface area contributed by atoms with Crippen LogP contribution in [-0.2, 0) is 4.79 Å². The van der Waals surface area contributed by atoms with E-state index >= 15 is 0 Å². The number of rotatable bonds is 4. The average molecular weight is 283 g/mol. The van der Waals surface area contributed by atoms with Crippen LogP contribution < -0.4 is 16.0 Å². The minimum Gasteiger partial charge on any atom is -0.483 e. The fourth-order valence-corrected chi connectivity index (χ4v) is 1.98. The van der Waals surface area contributed by atoms with Gasteiger partial charge >= 0.3 is 0 Å². The van der Waals surface area contributed by atoms with Crippen molar-refractivity contribution in [2.75, 3.05) is 6.61 Å². The topological polar surface area (TPSA) is 109 Å². The lowest BCUT2D eigenvalue weighted by Crippen LogP contribution is -2.20. The number of nitrogens with one attached hydrogen (secondary N) is 1. The van der Waals surface area contributed by atoms with Crippen molar-refractivity contribution in [2.45, 2.75) is 6.92 Å². The van der Waals surface area contributed by atoms with E-state index in [1.807, 2.05) is 6.07 Å². The highest BCUT2D eigenvalue weighted by atomic mass is 16.5. The molecule has 6 nitrogen and oxygen atoms in total. The number of nitrogens with two attached hydrogens (primary N) is 1. The maximum atomic E-state index is 11.8. The maximum Gasteiger partial charge on any atom is 0.266 e. The molecule has 106 valence electrons. The number of carbonyl (C=O) groups is 1. The van der Waals surface area contributed by atoms with Crippen molar-refractivity contribution >= 4 is 5.91 Å². The van der Waals surface area contributed by atoms with Crippen LogP contribution in [0.3, 0.4) is 0 Å². The fraction of sp³-hybridized carbons (Fsp3) is 0.133. The highest BCUT2D eigenvalue weighted by Gasteiger charge is 2.14. The molecular weight excluding hydrogens is 270 g/mol. The fourth-order valence-electron chi connectivity index (χ4n) is 1.98. The molecule has 0 unspecified atom stereocenters. The Morgan fingerprint density at radius 3 is 2.76 bits per heavy atom. The number of aromatic amines is 1. The lowest BCUT2D eigenvalue weighted by molar-refractivity contribution is -0.119. The summed E-state index contributed by atoms with van der Waals surface area (Å²) in [6, 6.07) is 10.4. The largest absolute Gasteiger partial charge is 0.483 e. The summed E-state index contributed by atoms with van der Waals surface area (Å²) in [5.41, 5.74) is 6.24. The van der Waals surface area contributed by atoms with Gasteiger partial charge in [-0.1, -0.05) is 18.2 Å². The van der Waals surface area contributed by atoms with Gasteiger partial charge in [0.1, 0.15) is 17.4 Å². The molecule has 3 N–H and O–H groups in total. The minimum absolute atomic E-state index is 0.00396. The lowest BCUT2D eigenvalue weighted by atomic mass is 10.0. The summed E-state index contributed by atoms with van der Waals surface area (Å²) in [7, 11) is 0. The molecule has 1 amide bonds. The molecule has 0 aliphatic rings. The summed E-state index contributed by atoms with van der Waals surface area (Å²) >= 11 is 0. The van der Waals surface area contributed by atoms with E-state index in [-0.39, 0.29) is 12.2 Å². The van der Waals surface area contributed by atoms with Gasteiger partial charge in [0.25, 0.3) is 11.5 Å². The summed E-state index contributed by atoms with van der Waals surface area (Å²) in [6.45, 7) is 1.44. The monoisotopic (exact) mass is 283 g/mol. The van der Waals surface area contributed by atoms with Crippen LogP contribution in [0.2, 0.25) is 0 Å². The molecule has 1 aromatic carbocycles. The van der Waals surface area contributed by atoms with Gasteiger partial charge < -0.3 is 15.5 Å². The second-order valence-corrected chi connectivity index (χ2v) is 4.43. The van der Waals surface area contributed by atoms with Crippen molar-refractivity contribution in [3.8, 4) is 22.9 Å². The van der Waals surface area contributed by atoms with Crippen LogP contribution in [0.15, 0.2) is 35.1 Å². The maximum absolute atomic E-state index is 11.8. The van der Waals surface area contributed by atoms with Crippen LogP contribution in [0.5, 0.6) is 5.75 Å². The summed E-state index contributed by atoms with van der Waals surface area (Å²) < 4.78 is 5.34. The molecule has 2 rings (SSSR count). The Morgan fingerprint density at radius 1 is 1.38 bits per heavy atom. The second-order valence-electron chi connectivity index (χ2n) is 4.43. The number of amides is 1. The summed E-state index contributed by atoms with van der Waals surface area (Å²) in [5.74, 6) is -0.217. The molecule has 0 aliphatic heterocycles. The summed E-state index contributed by atoms with van der Waals surface area (Å²) in [5, 5.41) is 9.18. The molecule has 6 heteroatoms. The molecule has 0 radical (unpaired) electrons. The molecule has 21 heavy (non-hydrogen) atoms. The van der Waals surface area contributed by atoms with Gasteiger partial charge in [0.05, 0.1) is 0 Å². The van der Waals surface area contributed by atoms with Crippen LogP contribution in [0.1, 0.15) is 11.3 Å². The van der Waals surface area contributed by atoms with Crippen LogP contribution >= 0.6 is 0 Å². The average Bonchev–Trinajstić information content (AvgIpc) is 2.44. The first-order valence-electron chi connectivity index (χ1n) is 6.17. The van der Waals surface area contributed by atoms with Crippen LogP contribution in [0.4, 0.5) is 0 Å². The van der Waals surface area contributed by atoms with Gasteiger partial charge in [0.2, 0.25) is 0 Å². The molecule has 1 aromatic heterocycles. The molecule has 2 aromatic rings. The van der Waals surface area contributed by atoms with Crippen molar-refractivity contribution in [3.63, 3.8) is 0 Å². The first-order chi connectivity index (χ1) is 10.0. The van der Waals surface area contributed by atoms with Crippen molar-refractivity contribution < 1.29 is 9.53 Å². The number of pyridine rings is 1. The number of aromatic nitrogens is 1. The quantitative estimate of drug-likeness (QED) is 0.875. The Balaban J connectivity index is 2.60. The number of aryl methyl sites for hydroxylation is 1. The summed E-state index contributed by atoms with van der Waals surface area (Å²) in [4.78, 5) is 25.3. The SMILES string of the molecule is Cc1cc(-c2ccccc2OCC(N)=O)c(C#N)c(=O)[nH]1. The number of hydrogen-bond acceptors (Lipinski definition) is 4. The Kier molecular flexibility index (Phi) is 4.05. The molecule has 1 heterocycles. The van der Waals surface area contributed by atoms with Gasteiger partial charge in [-0.2, -0.15) is 5.26 Å². The Labute approximate surface area is 120 Å². The van der Waals surface area contributed by atoms with Gasteiger partial charge in [0, 0.05) is 16.8 Å². The third-order valence-electron chi connectivity index (χ3n) is 2.83. The van der Waals surface area contributed by atoms with E-state index in [1.165, 1.54) is 0 Å². The number of ether oxygens (including phenoxy) is 1. The second kappa shape index (κ2) is 5.92. The standard InChI is InChI=1S/C15H13N3O3/c1-9-6-11(12(7-16)15(20)18-9)10-4-2-3-5-13(10)21-8-14(17)19/h2-6H,8H2,1H3,(H2,17,19)(H,18,20). The smallest absolute Gasteiger partial charge is 0.266 e. The van der Waals surface area contributed by atoms with Crippen molar-refractivity contribution in [1.82, 2.24) is 4.98 Å². The minimum atomic E-state index is -0.604. The molecule has 0 fully saturated rings. The molecule has 0 aliphatic carbocycles. The van der Waals surface area contributed by atoms with E-state index < -0.39 is 11.5 Å². The van der Waals surface area contributed by atoms with E-state index in [9.17, 15) is 14.9 Å². The first kappa shape index (κ1) is 14.3. The van der Waals surface area contributed by atoms with E-state index in [1.54, 1.807) is 37.3 Å². The van der Waals surface area contributed by atoms with Gasteiger partial charge in [-0.05, 0) is 19.1 Å². The number of hydrogen-bond donors (Lipinski definition) is 2. The number of para-hydroxylation sites is 1. The zero-order chi connectivity index (χ0) is 15.4. The molecule has 0 saturated heterocycles. The number of primary amides is 1. The molecule has 0 saturated carbocycles. The zero-order valence-corrected chi connectivity index (χ0v) is 11.3. The number of nitrogens with zero attached hydrogens (tertiary/aromatic N) is 1. The first-order valence-corrected chi connectivity index (χ1v) is 6.17. The van der Waals surface area contributed by atoms with E-state index in [4.69, 9.17) is 10.5 Å². The normalized spacial score (nSPS) is 9.90. The Hall–Kier alpha value is -3.07. The number of carbonyl (C=O) groups excluding carboxylic acids is 1. The van der Waals surface area contributed by atoms with Crippen LogP contribution in [0.25, 0.3) is 11.1 Å². The Morgan fingerprint density at radius 2 is 2.10 bits per heavy atom. The van der Waals surface area contributed by atoms with Crippen molar-refractivity contribution in [3.05, 3.63) is 51.9 Å². The highest BCUT2D eigenvalue weighted by molar-refractivity contribution is 5.78. The van der Waals surface area contributed by atoms with Gasteiger partial charge in [-0.3, -0.25) is 9.59 Å². The third kappa shape index (κ3) is 3.09. The van der Waals surface area contributed by atoms with E-state index in [2.05, 4.69) is 4.98 Å². The zero-order valence-electron chi connectivity index (χ0n) is 11.3. The van der Waals surface area contributed by atoms with E-state index in [0.717, 1.165) is 0 Å². The Bertz CT molecular complexity index is 787. The third-order valence-corrected chi connectivity index (χ3v) is 2.83. The predicted molar refractivity (Wildman–Crippen MR) is 76.6 cm³/mol. The number of H-pyrrole nitrogens is 1. The van der Waals surface area contributed by atoms with E-state index in [0.29, 0.717) is 22.6 Å². The predicted octanol–water partition coefficient (Wildman–Crippen LogP) is 1.09. The summed E-state index contributed by atoms with van der Waals surface area (Å²) in [6.07, 6.45) is 0. The van der Waals surface area contributed by atoms with Gasteiger partial charge in [-0.15, -0.1) is 0 Å².